The van der Waals surface area contributed by atoms with Gasteiger partial charge in [-0.3, -0.25) is 15.0 Å². The van der Waals surface area contributed by atoms with Crippen LogP contribution in [0.3, 0.4) is 0 Å². The van der Waals surface area contributed by atoms with E-state index >= 15 is 0 Å². The molecule has 0 saturated heterocycles. The molecule has 0 amide bonds. The molecule has 0 spiro atoms. The average molecular weight is 505 g/mol. The van der Waals surface area contributed by atoms with Crippen LogP contribution in [-0.2, 0) is 0 Å². The molecule has 6 nitrogen and oxygen atoms in total. The van der Waals surface area contributed by atoms with Crippen molar-refractivity contribution in [3.8, 4) is 17.2 Å². The lowest BCUT2D eigenvalue weighted by Crippen LogP contribution is -1.81. The molecule has 0 aliphatic heterocycles. The van der Waals surface area contributed by atoms with Gasteiger partial charge in [-0.15, -0.1) is 0 Å². The van der Waals surface area contributed by atoms with E-state index in [4.69, 9.17) is 0 Å². The van der Waals surface area contributed by atoms with Crippen molar-refractivity contribution in [1.29, 1.82) is 0 Å². The van der Waals surface area contributed by atoms with Crippen LogP contribution in [0, 0.1) is 20.8 Å². The van der Waals surface area contributed by atoms with Crippen LogP contribution < -0.4 is 0 Å². The standard InChI is InChI=1S/3C10H9NO.Al/c3*1-7-5-6-11-10-8(7)3-2-4-9(10)12;/h3*2-6,12H,1H3;. The molecule has 0 saturated carbocycles. The van der Waals surface area contributed by atoms with Crippen LogP contribution >= 0.6 is 0 Å². The molecule has 6 rings (SSSR count). The number of phenolic OH excluding ortho intramolecular Hbond substituents is 3. The van der Waals surface area contributed by atoms with Gasteiger partial charge in [-0.1, -0.05) is 36.4 Å². The third-order valence-corrected chi connectivity index (χ3v) is 5.90. The fourth-order valence-corrected chi connectivity index (χ4v) is 3.90. The molecular weight excluding hydrogens is 477 g/mol. The van der Waals surface area contributed by atoms with Gasteiger partial charge in [-0.2, -0.15) is 0 Å². The zero-order chi connectivity index (χ0) is 25.7. The number of hydrogen-bond donors (Lipinski definition) is 3. The van der Waals surface area contributed by atoms with Crippen LogP contribution in [0.25, 0.3) is 32.7 Å². The predicted octanol–water partition coefficient (Wildman–Crippen LogP) is 6.37. The number of aromatic hydroxyl groups is 3. The number of nitrogens with zero attached hydrogens (tertiary/aromatic N) is 3. The van der Waals surface area contributed by atoms with E-state index in [1.165, 1.54) is 0 Å². The molecule has 3 aromatic heterocycles. The summed E-state index contributed by atoms with van der Waals surface area (Å²) in [6, 6.07) is 22.1. The lowest BCUT2D eigenvalue weighted by molar-refractivity contribution is 0.480. The number of aryl methyl sites for hydroxylation is 3. The molecule has 0 bridgehead atoms. The SMILES string of the molecule is Cc1ccnc2c(O)cccc12.Cc1ccnc2c(O)cccc12.Cc1ccnc2c(O)cccc12.[Al]. The van der Waals surface area contributed by atoms with E-state index < -0.39 is 0 Å². The summed E-state index contributed by atoms with van der Waals surface area (Å²) in [5.41, 5.74) is 5.44. The van der Waals surface area contributed by atoms with Crippen LogP contribution in [0.5, 0.6) is 17.2 Å². The molecule has 3 radical (unpaired) electrons. The molecule has 0 atom stereocenters. The van der Waals surface area contributed by atoms with Crippen molar-refractivity contribution in [3.63, 3.8) is 0 Å². The number of phenols is 3. The second-order valence-corrected chi connectivity index (χ2v) is 8.40. The number of benzene rings is 3. The third kappa shape index (κ3) is 6.15. The van der Waals surface area contributed by atoms with Gasteiger partial charge in [0.2, 0.25) is 0 Å². The number of aromatic nitrogens is 3. The van der Waals surface area contributed by atoms with Gasteiger partial charge in [0.1, 0.15) is 33.8 Å². The summed E-state index contributed by atoms with van der Waals surface area (Å²) in [6.07, 6.45) is 5.12. The summed E-state index contributed by atoms with van der Waals surface area (Å²) in [5, 5.41) is 31.3. The van der Waals surface area contributed by atoms with Gasteiger partial charge in [0.15, 0.2) is 0 Å². The topological polar surface area (TPSA) is 99.4 Å². The van der Waals surface area contributed by atoms with E-state index in [0.29, 0.717) is 16.6 Å². The van der Waals surface area contributed by atoms with Gasteiger partial charge in [0.25, 0.3) is 0 Å². The highest BCUT2D eigenvalue weighted by molar-refractivity contribution is 5.88. The van der Waals surface area contributed by atoms with E-state index in [9.17, 15) is 15.3 Å². The van der Waals surface area contributed by atoms with Crippen LogP contribution in [0.1, 0.15) is 16.7 Å². The van der Waals surface area contributed by atoms with Gasteiger partial charge in [-0.05, 0) is 73.9 Å². The molecule has 183 valence electrons. The summed E-state index contributed by atoms with van der Waals surface area (Å²) in [5.74, 6) is 0.739. The lowest BCUT2D eigenvalue weighted by atomic mass is 10.1. The van der Waals surface area contributed by atoms with Crippen LogP contribution in [0.4, 0.5) is 0 Å². The molecule has 0 fully saturated rings. The van der Waals surface area contributed by atoms with Gasteiger partial charge >= 0.3 is 0 Å². The summed E-state index contributed by atoms with van der Waals surface area (Å²) in [6.45, 7) is 6.01. The number of rotatable bonds is 0. The minimum absolute atomic E-state index is 0. The van der Waals surface area contributed by atoms with Gasteiger partial charge in [0.05, 0.1) is 0 Å². The molecule has 3 heterocycles. The molecule has 6 aromatic rings. The van der Waals surface area contributed by atoms with E-state index in [2.05, 4.69) is 15.0 Å². The Morgan fingerprint density at radius 1 is 0.432 bits per heavy atom. The molecule has 0 aliphatic rings. The van der Waals surface area contributed by atoms with E-state index in [1.807, 2.05) is 75.4 Å². The van der Waals surface area contributed by atoms with Gasteiger partial charge in [0, 0.05) is 52.1 Å². The number of hydrogen-bond acceptors (Lipinski definition) is 6. The van der Waals surface area contributed by atoms with Crippen molar-refractivity contribution in [2.75, 3.05) is 0 Å². The molecule has 7 heteroatoms. The molecule has 0 aliphatic carbocycles. The van der Waals surface area contributed by atoms with Crippen molar-refractivity contribution < 1.29 is 15.3 Å². The van der Waals surface area contributed by atoms with Crippen molar-refractivity contribution in [2.45, 2.75) is 20.8 Å². The van der Waals surface area contributed by atoms with Crippen LogP contribution in [0.15, 0.2) is 91.4 Å². The second-order valence-electron chi connectivity index (χ2n) is 8.40. The molecule has 3 N–H and O–H groups in total. The Hall–Kier alpha value is -4.18. The number of pyridine rings is 3. The average Bonchev–Trinajstić information content (AvgIpc) is 2.87. The maximum atomic E-state index is 9.43. The van der Waals surface area contributed by atoms with E-state index in [1.54, 1.807) is 36.8 Å². The molecule has 3 aromatic carbocycles. The maximum absolute atomic E-state index is 9.43. The Balaban J connectivity index is 0.000000152. The predicted molar refractivity (Wildman–Crippen MR) is 150 cm³/mol. The summed E-state index contributed by atoms with van der Waals surface area (Å²) >= 11 is 0. The van der Waals surface area contributed by atoms with Crippen LogP contribution in [-0.4, -0.2) is 47.6 Å². The summed E-state index contributed by atoms with van der Waals surface area (Å²) < 4.78 is 0. The minimum Gasteiger partial charge on any atom is -0.506 e. The quantitative estimate of drug-likeness (QED) is 0.208. The highest BCUT2D eigenvalue weighted by Gasteiger charge is 2.02. The van der Waals surface area contributed by atoms with Crippen molar-refractivity contribution in [1.82, 2.24) is 15.0 Å². The Morgan fingerprint density at radius 2 is 0.703 bits per heavy atom. The zero-order valence-corrected chi connectivity index (χ0v) is 22.1. The first kappa shape index (κ1) is 27.4. The zero-order valence-electron chi connectivity index (χ0n) is 20.9. The molecule has 0 unspecified atom stereocenters. The van der Waals surface area contributed by atoms with Gasteiger partial charge in [-0.25, -0.2) is 0 Å². The Bertz CT molecular complexity index is 1350. The molecule has 37 heavy (non-hydrogen) atoms. The largest absolute Gasteiger partial charge is 0.506 e. The summed E-state index contributed by atoms with van der Waals surface area (Å²) in [4.78, 5) is 12.3. The first-order valence-electron chi connectivity index (χ1n) is 11.5. The Kier molecular flexibility index (Phi) is 9.02. The first-order valence-corrected chi connectivity index (χ1v) is 11.5. The molecular formula is C30H27AlN3O3. The van der Waals surface area contributed by atoms with Crippen molar-refractivity contribution >= 4 is 50.1 Å². The Labute approximate surface area is 226 Å². The number of para-hydroxylation sites is 3. The summed E-state index contributed by atoms with van der Waals surface area (Å²) in [7, 11) is 0. The normalized spacial score (nSPS) is 10.1. The van der Waals surface area contributed by atoms with Crippen molar-refractivity contribution in [2.24, 2.45) is 0 Å². The third-order valence-electron chi connectivity index (χ3n) is 5.90. The Morgan fingerprint density at radius 3 is 0.946 bits per heavy atom. The first-order chi connectivity index (χ1) is 17.4. The smallest absolute Gasteiger partial charge is 0.141 e. The number of fused-ring (bicyclic) bond motifs is 3. The highest BCUT2D eigenvalue weighted by Crippen LogP contribution is 2.25. The van der Waals surface area contributed by atoms with Crippen molar-refractivity contribution in [3.05, 3.63) is 108 Å². The lowest BCUT2D eigenvalue weighted by Gasteiger charge is -2.01. The van der Waals surface area contributed by atoms with E-state index in [-0.39, 0.29) is 34.6 Å². The fourth-order valence-electron chi connectivity index (χ4n) is 3.90. The minimum atomic E-state index is 0. The van der Waals surface area contributed by atoms with E-state index in [0.717, 1.165) is 32.8 Å². The van der Waals surface area contributed by atoms with Crippen LogP contribution in [0.2, 0.25) is 0 Å². The monoisotopic (exact) mass is 504 g/mol. The highest BCUT2D eigenvalue weighted by atomic mass is 27.0. The fraction of sp³-hybridized carbons (Fsp3) is 0.100. The maximum Gasteiger partial charge on any atom is 0.141 e. The van der Waals surface area contributed by atoms with Gasteiger partial charge < -0.3 is 15.3 Å². The second kappa shape index (κ2) is 12.2.